The molecule has 0 amide bonds. The van der Waals surface area contributed by atoms with Crippen LogP contribution in [0.2, 0.25) is 4.34 Å². The smallest absolute Gasteiger partial charge is 0.250 e. The van der Waals surface area contributed by atoms with Gasteiger partial charge in [0.25, 0.3) is 0 Å². The highest BCUT2D eigenvalue weighted by atomic mass is 35.5. The van der Waals surface area contributed by atoms with Crippen LogP contribution in [0.1, 0.15) is 0 Å². The van der Waals surface area contributed by atoms with E-state index in [1.54, 1.807) is 6.07 Å². The van der Waals surface area contributed by atoms with E-state index < -0.39 is 10.0 Å². The van der Waals surface area contributed by atoms with Gasteiger partial charge in [-0.05, 0) is 26.2 Å². The van der Waals surface area contributed by atoms with Gasteiger partial charge in [-0.3, -0.25) is 4.90 Å². The highest BCUT2D eigenvalue weighted by molar-refractivity contribution is 7.91. The van der Waals surface area contributed by atoms with Crippen molar-refractivity contribution >= 4 is 33.0 Å². The van der Waals surface area contributed by atoms with Crippen molar-refractivity contribution in [3.8, 4) is 0 Å². The monoisotopic (exact) mass is 323 g/mol. The molecule has 1 atom stereocenters. The third-order valence-corrected chi connectivity index (χ3v) is 6.45. The molecule has 1 aromatic heterocycles. The van der Waals surface area contributed by atoms with Gasteiger partial charge < -0.3 is 4.90 Å². The van der Waals surface area contributed by atoms with Crippen LogP contribution in [0.4, 0.5) is 0 Å². The van der Waals surface area contributed by atoms with Crippen molar-refractivity contribution in [2.75, 3.05) is 40.3 Å². The van der Waals surface area contributed by atoms with E-state index in [9.17, 15) is 8.42 Å². The van der Waals surface area contributed by atoms with E-state index in [1.807, 2.05) is 14.1 Å². The Hall–Kier alpha value is -0.180. The van der Waals surface area contributed by atoms with Crippen molar-refractivity contribution in [2.24, 2.45) is 0 Å². The van der Waals surface area contributed by atoms with E-state index in [2.05, 4.69) is 14.5 Å². The Morgan fingerprint density at radius 2 is 2.16 bits per heavy atom. The number of thiophene rings is 1. The molecule has 8 heteroatoms. The van der Waals surface area contributed by atoms with Crippen molar-refractivity contribution < 1.29 is 8.42 Å². The van der Waals surface area contributed by atoms with E-state index in [1.165, 1.54) is 6.07 Å². The molecule has 1 aliphatic heterocycles. The molecular formula is C11H18ClN3O2S2. The fraction of sp³-hybridized carbons (Fsp3) is 0.636. The van der Waals surface area contributed by atoms with Gasteiger partial charge in [0.1, 0.15) is 4.21 Å². The summed E-state index contributed by atoms with van der Waals surface area (Å²) < 4.78 is 27.6. The molecule has 0 unspecified atom stereocenters. The number of hydrogen-bond acceptors (Lipinski definition) is 5. The first-order chi connectivity index (χ1) is 8.88. The molecular weight excluding hydrogens is 306 g/mol. The number of nitrogens with one attached hydrogen (secondary N) is 1. The Balaban J connectivity index is 1.98. The van der Waals surface area contributed by atoms with Gasteiger partial charge in [0.15, 0.2) is 0 Å². The molecule has 0 saturated carbocycles. The summed E-state index contributed by atoms with van der Waals surface area (Å²) in [5.41, 5.74) is 0. The Labute approximate surface area is 123 Å². The molecule has 0 bridgehead atoms. The van der Waals surface area contributed by atoms with Crippen LogP contribution >= 0.6 is 22.9 Å². The minimum absolute atomic E-state index is 0.198. The first-order valence-electron chi connectivity index (χ1n) is 6.02. The maximum absolute atomic E-state index is 12.1. The first kappa shape index (κ1) is 15.2. The van der Waals surface area contributed by atoms with Gasteiger partial charge in [0.05, 0.1) is 4.34 Å². The van der Waals surface area contributed by atoms with Gasteiger partial charge in [-0.1, -0.05) is 11.6 Å². The average molecular weight is 324 g/mol. The summed E-state index contributed by atoms with van der Waals surface area (Å²) in [6.45, 7) is 3.25. The first-order valence-corrected chi connectivity index (χ1v) is 8.70. The molecule has 1 saturated heterocycles. The van der Waals surface area contributed by atoms with E-state index in [0.29, 0.717) is 10.9 Å². The maximum atomic E-state index is 12.1. The third kappa shape index (κ3) is 3.90. The number of hydrogen-bond donors (Lipinski definition) is 1. The second-order valence-corrected chi connectivity index (χ2v) is 8.52. The van der Waals surface area contributed by atoms with Crippen LogP contribution < -0.4 is 4.72 Å². The number of sulfonamides is 1. The number of halogens is 1. The van der Waals surface area contributed by atoms with Crippen molar-refractivity contribution in [3.05, 3.63) is 16.5 Å². The quantitative estimate of drug-likeness (QED) is 0.895. The summed E-state index contributed by atoms with van der Waals surface area (Å²) in [6, 6.07) is 3.33. The Bertz CT molecular complexity index is 532. The van der Waals surface area contributed by atoms with Crippen LogP contribution in [-0.4, -0.2) is 64.5 Å². The minimum Gasteiger partial charge on any atom is -0.303 e. The van der Waals surface area contributed by atoms with Gasteiger partial charge in [-0.25, -0.2) is 13.1 Å². The van der Waals surface area contributed by atoms with Gasteiger partial charge in [0.2, 0.25) is 10.0 Å². The van der Waals surface area contributed by atoms with Gasteiger partial charge in [-0.15, -0.1) is 11.3 Å². The summed E-state index contributed by atoms with van der Waals surface area (Å²) in [7, 11) is 0.630. The zero-order valence-corrected chi connectivity index (χ0v) is 13.4. The zero-order chi connectivity index (χ0) is 14.0. The van der Waals surface area contributed by atoms with E-state index in [0.717, 1.165) is 31.0 Å². The van der Waals surface area contributed by atoms with E-state index in [-0.39, 0.29) is 10.3 Å². The summed E-state index contributed by atoms with van der Waals surface area (Å²) in [4.78, 5) is 4.39. The Morgan fingerprint density at radius 1 is 1.42 bits per heavy atom. The molecule has 1 N–H and O–H groups in total. The predicted molar refractivity (Wildman–Crippen MR) is 78.4 cm³/mol. The van der Waals surface area contributed by atoms with Crippen LogP contribution in [0.15, 0.2) is 16.3 Å². The molecule has 5 nitrogen and oxygen atoms in total. The SMILES string of the molecule is CN1CCN(C)[C@@H](CNS(=O)(=O)c2ccc(Cl)s2)C1. The third-order valence-electron chi connectivity index (χ3n) is 3.30. The topological polar surface area (TPSA) is 52.6 Å². The van der Waals surface area contributed by atoms with Crippen LogP contribution in [0.3, 0.4) is 0 Å². The fourth-order valence-electron chi connectivity index (χ4n) is 2.04. The van der Waals surface area contributed by atoms with Crippen molar-refractivity contribution in [3.63, 3.8) is 0 Å². The second-order valence-electron chi connectivity index (χ2n) is 4.81. The lowest BCUT2D eigenvalue weighted by molar-refractivity contribution is 0.117. The number of nitrogens with zero attached hydrogens (tertiary/aromatic N) is 2. The molecule has 2 heterocycles. The summed E-state index contributed by atoms with van der Waals surface area (Å²) in [5, 5.41) is 0. The standard InChI is InChI=1S/C11H18ClN3O2S2/c1-14-5-6-15(2)9(8-14)7-13-19(16,17)11-4-3-10(12)18-11/h3-4,9,13H,5-8H2,1-2H3/t9-/m0/s1. The number of piperazine rings is 1. The minimum atomic E-state index is -3.44. The average Bonchev–Trinajstić information content (AvgIpc) is 2.78. The van der Waals surface area contributed by atoms with E-state index >= 15 is 0 Å². The molecule has 1 fully saturated rings. The molecule has 0 radical (unpaired) electrons. The van der Waals surface area contributed by atoms with Gasteiger partial charge in [-0.2, -0.15) is 0 Å². The molecule has 19 heavy (non-hydrogen) atoms. The van der Waals surface area contributed by atoms with E-state index in [4.69, 9.17) is 11.6 Å². The fourth-order valence-corrected chi connectivity index (χ4v) is 4.64. The lowest BCUT2D eigenvalue weighted by atomic mass is 10.2. The van der Waals surface area contributed by atoms with Crippen molar-refractivity contribution in [2.45, 2.75) is 10.3 Å². The van der Waals surface area contributed by atoms with Gasteiger partial charge >= 0.3 is 0 Å². The van der Waals surface area contributed by atoms with Crippen molar-refractivity contribution in [1.29, 1.82) is 0 Å². The Kier molecular flexibility index (Phi) is 4.86. The van der Waals surface area contributed by atoms with Crippen LogP contribution in [0.5, 0.6) is 0 Å². The van der Waals surface area contributed by atoms with Gasteiger partial charge in [0, 0.05) is 32.2 Å². The largest absolute Gasteiger partial charge is 0.303 e. The summed E-state index contributed by atoms with van der Waals surface area (Å²) >= 11 is 6.84. The lowest BCUT2D eigenvalue weighted by Gasteiger charge is -2.37. The van der Waals surface area contributed by atoms with Crippen LogP contribution in [0.25, 0.3) is 0 Å². The molecule has 1 aliphatic rings. The summed E-state index contributed by atoms with van der Waals surface area (Å²) in [6.07, 6.45) is 0. The molecule has 0 spiro atoms. The molecule has 0 aliphatic carbocycles. The van der Waals surface area contributed by atoms with Crippen LogP contribution in [-0.2, 0) is 10.0 Å². The van der Waals surface area contributed by atoms with Crippen LogP contribution in [0, 0.1) is 0 Å². The second kappa shape index (κ2) is 6.07. The molecule has 1 aromatic rings. The number of likely N-dealkylation sites (N-methyl/N-ethyl adjacent to an activating group) is 2. The Morgan fingerprint density at radius 3 is 2.79 bits per heavy atom. The highest BCUT2D eigenvalue weighted by Crippen LogP contribution is 2.25. The number of rotatable bonds is 4. The zero-order valence-electron chi connectivity index (χ0n) is 11.0. The maximum Gasteiger partial charge on any atom is 0.250 e. The normalized spacial score (nSPS) is 22.8. The molecule has 0 aromatic carbocycles. The van der Waals surface area contributed by atoms with Crippen molar-refractivity contribution in [1.82, 2.24) is 14.5 Å². The lowest BCUT2D eigenvalue weighted by Crippen LogP contribution is -2.54. The summed E-state index contributed by atoms with van der Waals surface area (Å²) in [5.74, 6) is 0. The molecule has 108 valence electrons. The predicted octanol–water partition coefficient (Wildman–Crippen LogP) is 0.926. The highest BCUT2D eigenvalue weighted by Gasteiger charge is 2.24. The molecule has 2 rings (SSSR count).